The zero-order chi connectivity index (χ0) is 16.2. The highest BCUT2D eigenvalue weighted by Gasteiger charge is 2.70. The number of hydrogen-bond acceptors (Lipinski definition) is 2. The lowest BCUT2D eigenvalue weighted by Gasteiger charge is -2.58. The largest absolute Gasteiger partial charge is 0.393 e. The van der Waals surface area contributed by atoms with E-state index < -0.39 is 6.10 Å². The summed E-state index contributed by atoms with van der Waals surface area (Å²) in [5.41, 5.74) is 2.39. The van der Waals surface area contributed by atoms with Crippen LogP contribution in [0.2, 0.25) is 0 Å². The van der Waals surface area contributed by atoms with Crippen LogP contribution >= 0.6 is 0 Å². The summed E-state index contributed by atoms with van der Waals surface area (Å²) in [6.45, 7) is 13.0. The van der Waals surface area contributed by atoms with Crippen LogP contribution in [-0.4, -0.2) is 22.4 Å². The highest BCUT2D eigenvalue weighted by molar-refractivity contribution is 5.24. The molecule has 0 aromatic carbocycles. The van der Waals surface area contributed by atoms with Crippen LogP contribution in [0, 0.1) is 35.0 Å². The summed E-state index contributed by atoms with van der Waals surface area (Å²) in [5.74, 6) is 3.23. The van der Waals surface area contributed by atoms with Gasteiger partial charge in [-0.3, -0.25) is 0 Å². The third-order valence-corrected chi connectivity index (χ3v) is 7.14. The Bertz CT molecular complexity index is 490. The van der Waals surface area contributed by atoms with Gasteiger partial charge < -0.3 is 10.2 Å². The first-order chi connectivity index (χ1) is 10.3. The number of hydrogen-bond donors (Lipinski definition) is 2. The molecule has 5 unspecified atom stereocenters. The first kappa shape index (κ1) is 16.3. The first-order valence-electron chi connectivity index (χ1n) is 8.95. The first-order valence-corrected chi connectivity index (χ1v) is 8.95. The molecule has 0 radical (unpaired) electrons. The Labute approximate surface area is 135 Å². The highest BCUT2D eigenvalue weighted by atomic mass is 16.3. The van der Waals surface area contributed by atoms with Gasteiger partial charge in [-0.1, -0.05) is 44.1 Å². The van der Waals surface area contributed by atoms with Crippen molar-refractivity contribution in [1.29, 1.82) is 0 Å². The molecule has 2 N–H and O–H groups in total. The molecule has 124 valence electrons. The molecule has 2 heteroatoms. The molecule has 0 heterocycles. The Hall–Kier alpha value is -0.600. The standard InChI is InChI=1S/C20H32O2/c1-11(2)8-14(21)9-13(4)15-10-17(22)20(5)16-7-6-12(3)18(16)19(15)20/h8,12,14-19,21-22H,4,6-7,9-10H2,1-3,5H3/t12-,14?,15?,16?,17?,18?,19+,20+/m1/s1. The van der Waals surface area contributed by atoms with Gasteiger partial charge in [0.2, 0.25) is 0 Å². The predicted molar refractivity (Wildman–Crippen MR) is 90.3 cm³/mol. The maximum Gasteiger partial charge on any atom is 0.0760 e. The molecule has 0 aromatic heterocycles. The number of fused-ring (bicyclic) bond motifs is 4. The molecule has 8 atom stereocenters. The maximum absolute atomic E-state index is 10.7. The monoisotopic (exact) mass is 304 g/mol. The van der Waals surface area contributed by atoms with Gasteiger partial charge in [-0.05, 0) is 62.7 Å². The molecule has 2 nitrogen and oxygen atoms in total. The average molecular weight is 304 g/mol. The van der Waals surface area contributed by atoms with Gasteiger partial charge in [-0.25, -0.2) is 0 Å². The minimum Gasteiger partial charge on any atom is -0.393 e. The Morgan fingerprint density at radius 1 is 1.36 bits per heavy atom. The minimum absolute atomic E-state index is 0.102. The van der Waals surface area contributed by atoms with Crippen LogP contribution in [0.5, 0.6) is 0 Å². The van der Waals surface area contributed by atoms with Gasteiger partial charge in [0, 0.05) is 5.41 Å². The van der Waals surface area contributed by atoms with Gasteiger partial charge in [0.15, 0.2) is 0 Å². The molecule has 0 saturated heterocycles. The second kappa shape index (κ2) is 5.49. The third kappa shape index (κ3) is 2.22. The number of aliphatic hydroxyl groups is 2. The van der Waals surface area contributed by atoms with E-state index in [4.69, 9.17) is 0 Å². The molecular weight excluding hydrogens is 272 g/mol. The van der Waals surface area contributed by atoms with Crippen LogP contribution in [0.25, 0.3) is 0 Å². The third-order valence-electron chi connectivity index (χ3n) is 7.14. The van der Waals surface area contributed by atoms with E-state index >= 15 is 0 Å². The van der Waals surface area contributed by atoms with E-state index in [2.05, 4.69) is 20.4 Å². The second-order valence-corrected chi connectivity index (χ2v) is 8.66. The fourth-order valence-electron chi connectivity index (χ4n) is 6.19. The van der Waals surface area contributed by atoms with Crippen LogP contribution in [0.4, 0.5) is 0 Å². The van der Waals surface area contributed by atoms with Crippen LogP contribution in [0.15, 0.2) is 23.8 Å². The number of allylic oxidation sites excluding steroid dienone is 1. The summed E-state index contributed by atoms with van der Waals surface area (Å²) in [7, 11) is 0. The SMILES string of the molecule is C=C(CC(O)C=C(C)C)C1CC(O)[C@]2(C)C3CC[C@@H](C)C3[C@H]12. The molecule has 22 heavy (non-hydrogen) atoms. The highest BCUT2D eigenvalue weighted by Crippen LogP contribution is 2.73. The predicted octanol–water partition coefficient (Wildman–Crippen LogP) is 3.94. The number of rotatable bonds is 4. The lowest BCUT2D eigenvalue weighted by Crippen LogP contribution is -2.57. The second-order valence-electron chi connectivity index (χ2n) is 8.66. The Morgan fingerprint density at radius 2 is 2.05 bits per heavy atom. The molecular formula is C20H32O2. The molecule has 3 rings (SSSR count). The van der Waals surface area contributed by atoms with Crippen molar-refractivity contribution in [1.82, 2.24) is 0 Å². The molecule has 3 aliphatic carbocycles. The summed E-state index contributed by atoms with van der Waals surface area (Å²) < 4.78 is 0. The van der Waals surface area contributed by atoms with E-state index in [0.717, 1.165) is 29.4 Å². The Balaban J connectivity index is 1.75. The van der Waals surface area contributed by atoms with Crippen molar-refractivity contribution in [3.05, 3.63) is 23.8 Å². The lowest BCUT2D eigenvalue weighted by molar-refractivity contribution is -0.143. The lowest BCUT2D eigenvalue weighted by atomic mass is 9.46. The van der Waals surface area contributed by atoms with Crippen molar-refractivity contribution >= 4 is 0 Å². The van der Waals surface area contributed by atoms with Crippen molar-refractivity contribution < 1.29 is 10.2 Å². The normalized spacial score (nSPS) is 47.4. The minimum atomic E-state index is -0.432. The van der Waals surface area contributed by atoms with Crippen LogP contribution in [0.1, 0.15) is 53.4 Å². The Morgan fingerprint density at radius 3 is 2.68 bits per heavy atom. The fourth-order valence-corrected chi connectivity index (χ4v) is 6.19. The topological polar surface area (TPSA) is 40.5 Å². The molecule has 0 aromatic rings. The van der Waals surface area contributed by atoms with Gasteiger partial charge in [0.05, 0.1) is 12.2 Å². The van der Waals surface area contributed by atoms with Crippen molar-refractivity contribution in [2.75, 3.05) is 0 Å². The van der Waals surface area contributed by atoms with Crippen molar-refractivity contribution in [2.24, 2.45) is 35.0 Å². The maximum atomic E-state index is 10.7. The van der Waals surface area contributed by atoms with E-state index in [9.17, 15) is 10.2 Å². The summed E-state index contributed by atoms with van der Waals surface area (Å²) in [6, 6.07) is 0. The molecule has 0 aliphatic heterocycles. The van der Waals surface area contributed by atoms with Gasteiger partial charge in [-0.2, -0.15) is 0 Å². The van der Waals surface area contributed by atoms with E-state index in [-0.39, 0.29) is 11.5 Å². The van der Waals surface area contributed by atoms with Crippen LogP contribution in [-0.2, 0) is 0 Å². The molecule has 3 aliphatic rings. The summed E-state index contributed by atoms with van der Waals surface area (Å²) in [4.78, 5) is 0. The fraction of sp³-hybridized carbons (Fsp3) is 0.800. The Kier molecular flexibility index (Phi) is 4.06. The average Bonchev–Trinajstić information content (AvgIpc) is 2.83. The number of aliphatic hydroxyl groups excluding tert-OH is 2. The van der Waals surface area contributed by atoms with E-state index in [1.54, 1.807) is 0 Å². The van der Waals surface area contributed by atoms with Gasteiger partial charge >= 0.3 is 0 Å². The van der Waals surface area contributed by atoms with E-state index in [1.165, 1.54) is 12.8 Å². The van der Waals surface area contributed by atoms with E-state index in [0.29, 0.717) is 24.2 Å². The molecule has 3 saturated carbocycles. The van der Waals surface area contributed by atoms with Crippen LogP contribution < -0.4 is 0 Å². The van der Waals surface area contributed by atoms with Crippen molar-refractivity contribution in [2.45, 2.75) is 65.6 Å². The zero-order valence-corrected chi connectivity index (χ0v) is 14.5. The van der Waals surface area contributed by atoms with Gasteiger partial charge in [0.25, 0.3) is 0 Å². The van der Waals surface area contributed by atoms with Crippen LogP contribution in [0.3, 0.4) is 0 Å². The molecule has 3 fully saturated rings. The smallest absolute Gasteiger partial charge is 0.0760 e. The van der Waals surface area contributed by atoms with Gasteiger partial charge in [-0.15, -0.1) is 0 Å². The molecule has 0 amide bonds. The van der Waals surface area contributed by atoms with Crippen molar-refractivity contribution in [3.63, 3.8) is 0 Å². The van der Waals surface area contributed by atoms with Crippen molar-refractivity contribution in [3.8, 4) is 0 Å². The quantitative estimate of drug-likeness (QED) is 0.772. The summed E-state index contributed by atoms with van der Waals surface area (Å²) in [6.07, 6.45) is 5.38. The summed E-state index contributed by atoms with van der Waals surface area (Å²) >= 11 is 0. The van der Waals surface area contributed by atoms with E-state index in [1.807, 2.05) is 19.9 Å². The summed E-state index contributed by atoms with van der Waals surface area (Å²) in [5, 5.41) is 20.9. The molecule has 0 bridgehead atoms. The van der Waals surface area contributed by atoms with Gasteiger partial charge in [0.1, 0.15) is 0 Å². The zero-order valence-electron chi connectivity index (χ0n) is 14.5. The molecule has 0 spiro atoms.